The van der Waals surface area contributed by atoms with Crippen molar-refractivity contribution >= 4 is 17.8 Å². The number of para-hydroxylation sites is 1. The van der Waals surface area contributed by atoms with E-state index in [9.17, 15) is 14.7 Å². The van der Waals surface area contributed by atoms with Gasteiger partial charge in [0.15, 0.2) is 11.5 Å². The maximum Gasteiger partial charge on any atom is 0.290 e. The Hall–Kier alpha value is -4.16. The van der Waals surface area contributed by atoms with Crippen LogP contribution < -0.4 is 4.74 Å². The van der Waals surface area contributed by atoms with E-state index in [0.29, 0.717) is 30.2 Å². The van der Waals surface area contributed by atoms with Crippen molar-refractivity contribution in [2.24, 2.45) is 0 Å². The second-order valence-corrected chi connectivity index (χ2v) is 8.56. The number of amides is 1. The fourth-order valence-corrected chi connectivity index (χ4v) is 3.99. The zero-order chi connectivity index (χ0) is 24.8. The molecule has 1 amide bonds. The third-order valence-corrected chi connectivity index (χ3v) is 5.74. The molecule has 6 nitrogen and oxygen atoms in total. The first-order valence-electron chi connectivity index (χ1n) is 11.4. The van der Waals surface area contributed by atoms with E-state index < -0.39 is 23.5 Å². The summed E-state index contributed by atoms with van der Waals surface area (Å²) >= 11 is 0. The second-order valence-electron chi connectivity index (χ2n) is 8.56. The SMILES string of the molecule is CN(C)CCN1C(=O)C(O)=C(C(=O)/C=C/c2ccccc2)[C@@H]1c1cccc(Oc2ccccc2)c1. The Morgan fingerprint density at radius 2 is 1.63 bits per heavy atom. The topological polar surface area (TPSA) is 70.1 Å². The molecule has 0 radical (unpaired) electrons. The van der Waals surface area contributed by atoms with Crippen LogP contribution in [-0.2, 0) is 9.59 Å². The van der Waals surface area contributed by atoms with Gasteiger partial charge in [0.05, 0.1) is 11.6 Å². The zero-order valence-electron chi connectivity index (χ0n) is 19.8. The third kappa shape index (κ3) is 5.67. The van der Waals surface area contributed by atoms with Crippen molar-refractivity contribution in [2.45, 2.75) is 6.04 Å². The molecule has 0 fully saturated rings. The van der Waals surface area contributed by atoms with Gasteiger partial charge in [0.1, 0.15) is 11.5 Å². The van der Waals surface area contributed by atoms with Gasteiger partial charge >= 0.3 is 0 Å². The maximum atomic E-state index is 13.3. The molecule has 6 heteroatoms. The Morgan fingerprint density at radius 3 is 2.31 bits per heavy atom. The number of ketones is 1. The highest BCUT2D eigenvalue weighted by atomic mass is 16.5. The molecule has 1 aliphatic rings. The van der Waals surface area contributed by atoms with Gasteiger partial charge in [-0.3, -0.25) is 9.59 Å². The highest BCUT2D eigenvalue weighted by molar-refractivity contribution is 6.14. The average Bonchev–Trinajstić information content (AvgIpc) is 3.12. The van der Waals surface area contributed by atoms with Gasteiger partial charge < -0.3 is 19.6 Å². The molecule has 0 saturated heterocycles. The maximum absolute atomic E-state index is 13.3. The quantitative estimate of drug-likeness (QED) is 0.447. The average molecular weight is 469 g/mol. The lowest BCUT2D eigenvalue weighted by atomic mass is 9.95. The lowest BCUT2D eigenvalue weighted by Gasteiger charge is -2.28. The number of likely N-dealkylation sites (N-methyl/N-ethyl adjacent to an activating group) is 1. The molecular formula is C29H28N2O4. The van der Waals surface area contributed by atoms with Gasteiger partial charge in [0.2, 0.25) is 0 Å². The van der Waals surface area contributed by atoms with E-state index in [2.05, 4.69) is 0 Å². The number of hydrogen-bond donors (Lipinski definition) is 1. The van der Waals surface area contributed by atoms with E-state index in [-0.39, 0.29) is 5.57 Å². The van der Waals surface area contributed by atoms with Crippen LogP contribution in [0.3, 0.4) is 0 Å². The number of ether oxygens (including phenoxy) is 1. The Balaban J connectivity index is 1.69. The fourth-order valence-electron chi connectivity index (χ4n) is 3.99. The first-order chi connectivity index (χ1) is 16.9. The number of benzene rings is 3. The molecule has 1 N–H and O–H groups in total. The van der Waals surface area contributed by atoms with Crippen molar-refractivity contribution in [3.63, 3.8) is 0 Å². The molecule has 35 heavy (non-hydrogen) atoms. The van der Waals surface area contributed by atoms with E-state index in [1.807, 2.05) is 97.9 Å². The summed E-state index contributed by atoms with van der Waals surface area (Å²) < 4.78 is 5.98. The van der Waals surface area contributed by atoms with Gasteiger partial charge in [-0.15, -0.1) is 0 Å². The summed E-state index contributed by atoms with van der Waals surface area (Å²) in [6, 6.07) is 25.3. The molecule has 0 bridgehead atoms. The van der Waals surface area contributed by atoms with Crippen LogP contribution in [0, 0.1) is 0 Å². The number of nitrogens with zero attached hydrogens (tertiary/aromatic N) is 2. The minimum atomic E-state index is -0.727. The molecule has 0 unspecified atom stereocenters. The van der Waals surface area contributed by atoms with Gasteiger partial charge in [-0.2, -0.15) is 0 Å². The number of hydrogen-bond acceptors (Lipinski definition) is 5. The van der Waals surface area contributed by atoms with Crippen LogP contribution in [0.1, 0.15) is 17.2 Å². The third-order valence-electron chi connectivity index (χ3n) is 5.74. The Labute approximate surface area is 205 Å². The van der Waals surface area contributed by atoms with Crippen LogP contribution in [0.4, 0.5) is 0 Å². The number of aliphatic hydroxyl groups excluding tert-OH is 1. The highest BCUT2D eigenvalue weighted by Gasteiger charge is 2.42. The summed E-state index contributed by atoms with van der Waals surface area (Å²) in [5.41, 5.74) is 1.60. The summed E-state index contributed by atoms with van der Waals surface area (Å²) in [7, 11) is 3.82. The summed E-state index contributed by atoms with van der Waals surface area (Å²) in [6.45, 7) is 0.931. The van der Waals surface area contributed by atoms with Crippen molar-refractivity contribution in [1.82, 2.24) is 9.80 Å². The minimum Gasteiger partial charge on any atom is -0.503 e. The Kier molecular flexibility index (Phi) is 7.43. The minimum absolute atomic E-state index is 0.0674. The molecule has 1 atom stereocenters. The summed E-state index contributed by atoms with van der Waals surface area (Å²) in [5.74, 6) is -0.219. The summed E-state index contributed by atoms with van der Waals surface area (Å²) in [6.07, 6.45) is 3.09. The first kappa shape index (κ1) is 24.0. The fraction of sp³-hybridized carbons (Fsp3) is 0.172. The Bertz CT molecular complexity index is 1250. The predicted molar refractivity (Wildman–Crippen MR) is 136 cm³/mol. The number of carbonyl (C=O) groups is 2. The molecule has 178 valence electrons. The van der Waals surface area contributed by atoms with Crippen LogP contribution in [0.15, 0.2) is 102 Å². The van der Waals surface area contributed by atoms with Gasteiger partial charge in [-0.05, 0) is 55.6 Å². The van der Waals surface area contributed by atoms with Gasteiger partial charge in [-0.25, -0.2) is 0 Å². The molecular weight excluding hydrogens is 440 g/mol. The van der Waals surface area contributed by atoms with Crippen LogP contribution in [0.5, 0.6) is 11.5 Å². The second kappa shape index (κ2) is 10.8. The van der Waals surface area contributed by atoms with Crippen molar-refractivity contribution in [3.8, 4) is 11.5 Å². The van der Waals surface area contributed by atoms with Gasteiger partial charge in [0, 0.05) is 13.1 Å². The molecule has 3 aromatic rings. The molecule has 0 aromatic heterocycles. The van der Waals surface area contributed by atoms with E-state index >= 15 is 0 Å². The van der Waals surface area contributed by atoms with Crippen molar-refractivity contribution in [2.75, 3.05) is 27.2 Å². The van der Waals surface area contributed by atoms with Gasteiger partial charge in [-0.1, -0.05) is 66.7 Å². The summed E-state index contributed by atoms with van der Waals surface area (Å²) in [4.78, 5) is 29.8. The van der Waals surface area contributed by atoms with E-state index in [1.165, 1.54) is 6.08 Å². The van der Waals surface area contributed by atoms with E-state index in [4.69, 9.17) is 4.74 Å². The number of aliphatic hydroxyl groups is 1. The Morgan fingerprint density at radius 1 is 0.971 bits per heavy atom. The smallest absolute Gasteiger partial charge is 0.290 e. The van der Waals surface area contributed by atoms with Crippen LogP contribution >= 0.6 is 0 Å². The molecule has 0 saturated carbocycles. The van der Waals surface area contributed by atoms with E-state index in [0.717, 1.165) is 5.56 Å². The number of allylic oxidation sites excluding steroid dienone is 1. The molecule has 1 aliphatic heterocycles. The monoisotopic (exact) mass is 468 g/mol. The lowest BCUT2D eigenvalue weighted by molar-refractivity contribution is -0.129. The normalized spacial score (nSPS) is 15.9. The molecule has 4 rings (SSSR count). The molecule has 3 aromatic carbocycles. The largest absolute Gasteiger partial charge is 0.503 e. The van der Waals surface area contributed by atoms with Crippen molar-refractivity contribution in [3.05, 3.63) is 113 Å². The number of rotatable bonds is 9. The number of carbonyl (C=O) groups excluding carboxylic acids is 2. The van der Waals surface area contributed by atoms with Gasteiger partial charge in [0.25, 0.3) is 5.91 Å². The van der Waals surface area contributed by atoms with Crippen LogP contribution in [0.2, 0.25) is 0 Å². The van der Waals surface area contributed by atoms with Crippen molar-refractivity contribution in [1.29, 1.82) is 0 Å². The standard InChI is InChI=1S/C29H28N2O4/c1-30(2)18-19-31-27(22-12-9-15-24(20-22)35-23-13-7-4-8-14-23)26(28(33)29(31)34)25(32)17-16-21-10-5-3-6-11-21/h3-17,20,27,33H,18-19H2,1-2H3/b17-16+/t27-/m0/s1. The molecule has 0 spiro atoms. The predicted octanol–water partition coefficient (Wildman–Crippen LogP) is 5.02. The molecule has 0 aliphatic carbocycles. The summed E-state index contributed by atoms with van der Waals surface area (Å²) in [5, 5.41) is 10.8. The van der Waals surface area contributed by atoms with Crippen LogP contribution in [0.25, 0.3) is 6.08 Å². The lowest BCUT2D eigenvalue weighted by Crippen LogP contribution is -2.36. The first-order valence-corrected chi connectivity index (χ1v) is 11.4. The highest BCUT2D eigenvalue weighted by Crippen LogP contribution is 2.39. The molecule has 1 heterocycles. The van der Waals surface area contributed by atoms with Crippen LogP contribution in [-0.4, -0.2) is 53.8 Å². The van der Waals surface area contributed by atoms with E-state index in [1.54, 1.807) is 17.0 Å². The zero-order valence-corrected chi connectivity index (χ0v) is 19.8. The van der Waals surface area contributed by atoms with Crippen molar-refractivity contribution < 1.29 is 19.4 Å².